The molecule has 1 fully saturated rings. The van der Waals surface area contributed by atoms with Crippen LogP contribution in [0.25, 0.3) is 0 Å². The van der Waals surface area contributed by atoms with Gasteiger partial charge in [0.1, 0.15) is 0 Å². The molecule has 0 spiro atoms. The molecule has 7 heteroatoms. The van der Waals surface area contributed by atoms with Gasteiger partial charge in [0.15, 0.2) is 0 Å². The zero-order valence-electron chi connectivity index (χ0n) is 15.1. The predicted molar refractivity (Wildman–Crippen MR) is 94.5 cm³/mol. The van der Waals surface area contributed by atoms with E-state index >= 15 is 0 Å². The second-order valence-corrected chi connectivity index (χ2v) is 7.75. The van der Waals surface area contributed by atoms with Crippen LogP contribution in [0, 0.1) is 0 Å². The summed E-state index contributed by atoms with van der Waals surface area (Å²) in [5.41, 5.74) is 4.49. The summed E-state index contributed by atoms with van der Waals surface area (Å²) in [5.74, 6) is -2.13. The predicted octanol–water partition coefficient (Wildman–Crippen LogP) is 0.873. The Hall–Kier alpha value is -2.41. The Balaban J connectivity index is 1.86. The van der Waals surface area contributed by atoms with Gasteiger partial charge in [-0.2, -0.15) is 0 Å². The van der Waals surface area contributed by atoms with Crippen LogP contribution in [0.1, 0.15) is 50.9 Å². The Kier molecular flexibility index (Phi) is 5.47. The summed E-state index contributed by atoms with van der Waals surface area (Å²) >= 11 is 0. The SMILES string of the molecule is CC1(C)CC(NC(=O)C(=O)NNC(=O)c2ccccc2)CC(C)(C)N1. The van der Waals surface area contributed by atoms with E-state index in [0.717, 1.165) is 0 Å². The lowest BCUT2D eigenvalue weighted by molar-refractivity contribution is -0.140. The third-order valence-electron chi connectivity index (χ3n) is 4.06. The molecule has 1 aromatic carbocycles. The number of hydrogen-bond donors (Lipinski definition) is 4. The summed E-state index contributed by atoms with van der Waals surface area (Å²) in [6, 6.07) is 8.31. The molecular weight excluding hydrogens is 320 g/mol. The van der Waals surface area contributed by atoms with Gasteiger partial charge in [0.05, 0.1) is 0 Å². The zero-order valence-corrected chi connectivity index (χ0v) is 15.1. The molecule has 3 amide bonds. The molecule has 1 aliphatic heterocycles. The van der Waals surface area contributed by atoms with Crippen molar-refractivity contribution in [1.82, 2.24) is 21.5 Å². The Morgan fingerprint density at radius 2 is 1.48 bits per heavy atom. The molecule has 136 valence electrons. The number of hydrazine groups is 1. The molecule has 0 aliphatic carbocycles. The van der Waals surface area contributed by atoms with Gasteiger partial charge in [-0.1, -0.05) is 18.2 Å². The van der Waals surface area contributed by atoms with Crippen molar-refractivity contribution in [2.24, 2.45) is 0 Å². The highest BCUT2D eigenvalue weighted by molar-refractivity contribution is 6.35. The maximum Gasteiger partial charge on any atom is 0.327 e. The first kappa shape index (κ1) is 18.9. The van der Waals surface area contributed by atoms with Gasteiger partial charge in [0.25, 0.3) is 5.91 Å². The Morgan fingerprint density at radius 3 is 2.04 bits per heavy atom. The number of piperidine rings is 1. The fraction of sp³-hybridized carbons (Fsp3) is 0.500. The summed E-state index contributed by atoms with van der Waals surface area (Å²) in [5, 5.41) is 6.26. The molecule has 0 unspecified atom stereocenters. The minimum atomic E-state index is -0.890. The normalized spacial score (nSPS) is 18.9. The van der Waals surface area contributed by atoms with Crippen LogP contribution >= 0.6 is 0 Å². The van der Waals surface area contributed by atoms with Gasteiger partial charge in [-0.3, -0.25) is 25.2 Å². The average molecular weight is 346 g/mol. The quantitative estimate of drug-likeness (QED) is 0.472. The standard InChI is InChI=1S/C18H26N4O3/c1-17(2)10-13(11-18(3,4)22-17)19-15(24)16(25)21-20-14(23)12-8-6-5-7-9-12/h5-9,13,22H,10-11H2,1-4H3,(H,19,24)(H,20,23)(H,21,25). The highest BCUT2D eigenvalue weighted by atomic mass is 16.2. The number of hydrogen-bond acceptors (Lipinski definition) is 4. The largest absolute Gasteiger partial charge is 0.345 e. The van der Waals surface area contributed by atoms with Gasteiger partial charge >= 0.3 is 11.8 Å². The van der Waals surface area contributed by atoms with Crippen LogP contribution in [0.4, 0.5) is 0 Å². The summed E-state index contributed by atoms with van der Waals surface area (Å²) in [6.07, 6.45) is 1.43. The summed E-state index contributed by atoms with van der Waals surface area (Å²) in [6.45, 7) is 8.25. The van der Waals surface area contributed by atoms with E-state index in [4.69, 9.17) is 0 Å². The number of nitrogens with one attached hydrogen (secondary N) is 4. The summed E-state index contributed by atoms with van der Waals surface area (Å²) < 4.78 is 0. The van der Waals surface area contributed by atoms with Gasteiger partial charge in [0, 0.05) is 22.7 Å². The minimum Gasteiger partial charge on any atom is -0.345 e. The maximum atomic E-state index is 12.1. The fourth-order valence-electron chi connectivity index (χ4n) is 3.51. The van der Waals surface area contributed by atoms with Crippen molar-refractivity contribution in [3.8, 4) is 0 Å². The van der Waals surface area contributed by atoms with Crippen molar-refractivity contribution in [3.05, 3.63) is 35.9 Å². The highest BCUT2D eigenvalue weighted by Crippen LogP contribution is 2.28. The van der Waals surface area contributed by atoms with Crippen molar-refractivity contribution < 1.29 is 14.4 Å². The fourth-order valence-corrected chi connectivity index (χ4v) is 3.51. The number of amides is 3. The van der Waals surface area contributed by atoms with Crippen LogP contribution in [-0.2, 0) is 9.59 Å². The number of rotatable bonds is 2. The molecule has 0 radical (unpaired) electrons. The summed E-state index contributed by atoms with van der Waals surface area (Å²) in [7, 11) is 0. The summed E-state index contributed by atoms with van der Waals surface area (Å²) in [4.78, 5) is 35.9. The van der Waals surface area contributed by atoms with Gasteiger partial charge in [-0.25, -0.2) is 0 Å². The van der Waals surface area contributed by atoms with Gasteiger partial charge in [-0.05, 0) is 52.7 Å². The van der Waals surface area contributed by atoms with Crippen molar-refractivity contribution >= 4 is 17.7 Å². The lowest BCUT2D eigenvalue weighted by Gasteiger charge is -2.46. The van der Waals surface area contributed by atoms with E-state index in [9.17, 15) is 14.4 Å². The van der Waals surface area contributed by atoms with Crippen LogP contribution in [0.3, 0.4) is 0 Å². The average Bonchev–Trinajstić information content (AvgIpc) is 2.49. The van der Waals surface area contributed by atoms with E-state index in [1.54, 1.807) is 30.3 Å². The highest BCUT2D eigenvalue weighted by Gasteiger charge is 2.38. The zero-order chi connectivity index (χ0) is 18.7. The number of benzene rings is 1. The molecule has 1 aliphatic rings. The Bertz CT molecular complexity index is 640. The molecule has 0 saturated carbocycles. The minimum absolute atomic E-state index is 0.116. The van der Waals surface area contributed by atoms with Gasteiger partial charge < -0.3 is 10.6 Å². The van der Waals surface area contributed by atoms with Crippen LogP contribution in [-0.4, -0.2) is 34.8 Å². The van der Waals surface area contributed by atoms with Crippen LogP contribution in [0.15, 0.2) is 30.3 Å². The molecule has 7 nitrogen and oxygen atoms in total. The molecule has 4 N–H and O–H groups in total. The first-order valence-electron chi connectivity index (χ1n) is 8.34. The number of carbonyl (C=O) groups is 3. The molecule has 0 atom stereocenters. The van der Waals surface area contributed by atoms with Crippen LogP contribution in [0.5, 0.6) is 0 Å². The molecule has 1 heterocycles. The smallest absolute Gasteiger partial charge is 0.327 e. The van der Waals surface area contributed by atoms with E-state index in [1.807, 2.05) is 0 Å². The lowest BCUT2D eigenvalue weighted by atomic mass is 9.79. The van der Waals surface area contributed by atoms with Crippen molar-refractivity contribution in [2.45, 2.75) is 57.7 Å². The molecule has 1 saturated heterocycles. The van der Waals surface area contributed by atoms with Crippen molar-refractivity contribution in [2.75, 3.05) is 0 Å². The third kappa shape index (κ3) is 5.56. The van der Waals surface area contributed by atoms with E-state index in [0.29, 0.717) is 18.4 Å². The number of carbonyl (C=O) groups excluding carboxylic acids is 3. The molecule has 0 bridgehead atoms. The van der Waals surface area contributed by atoms with E-state index in [2.05, 4.69) is 49.2 Å². The molecule has 25 heavy (non-hydrogen) atoms. The second kappa shape index (κ2) is 7.23. The molecule has 1 aromatic rings. The molecule has 0 aromatic heterocycles. The van der Waals surface area contributed by atoms with Crippen molar-refractivity contribution in [3.63, 3.8) is 0 Å². The molecular formula is C18H26N4O3. The van der Waals surface area contributed by atoms with Gasteiger partial charge in [0.2, 0.25) is 0 Å². The lowest BCUT2D eigenvalue weighted by Crippen LogP contribution is -2.63. The first-order valence-corrected chi connectivity index (χ1v) is 8.34. The second-order valence-electron chi connectivity index (χ2n) is 7.75. The van der Waals surface area contributed by atoms with Crippen LogP contribution < -0.4 is 21.5 Å². The van der Waals surface area contributed by atoms with Crippen molar-refractivity contribution in [1.29, 1.82) is 0 Å². The maximum absolute atomic E-state index is 12.1. The van der Waals surface area contributed by atoms with E-state index < -0.39 is 17.7 Å². The third-order valence-corrected chi connectivity index (χ3v) is 4.06. The Labute approximate surface area is 147 Å². The first-order chi connectivity index (χ1) is 11.6. The van der Waals surface area contributed by atoms with E-state index in [1.165, 1.54) is 0 Å². The monoisotopic (exact) mass is 346 g/mol. The Morgan fingerprint density at radius 1 is 0.920 bits per heavy atom. The van der Waals surface area contributed by atoms with E-state index in [-0.39, 0.29) is 17.1 Å². The molecule has 2 rings (SSSR count). The van der Waals surface area contributed by atoms with Crippen LogP contribution in [0.2, 0.25) is 0 Å². The topological polar surface area (TPSA) is 99.3 Å². The van der Waals surface area contributed by atoms with Gasteiger partial charge in [-0.15, -0.1) is 0 Å².